The van der Waals surface area contributed by atoms with E-state index in [-0.39, 0.29) is 46.6 Å². The van der Waals surface area contributed by atoms with Gasteiger partial charge in [0.2, 0.25) is 5.91 Å². The van der Waals surface area contributed by atoms with Gasteiger partial charge in [0.05, 0.1) is 34.7 Å². The van der Waals surface area contributed by atoms with Crippen molar-refractivity contribution in [2.75, 3.05) is 6.61 Å². The third kappa shape index (κ3) is 4.60. The fourth-order valence-electron chi connectivity index (χ4n) is 5.28. The Morgan fingerprint density at radius 3 is 2.85 bits per heavy atom. The predicted molar refractivity (Wildman–Crippen MR) is 138 cm³/mol. The first-order valence-corrected chi connectivity index (χ1v) is 12.9. The molecule has 1 amide bonds. The number of benzene rings is 1. The van der Waals surface area contributed by atoms with E-state index in [0.29, 0.717) is 42.0 Å². The Kier molecular flexibility index (Phi) is 6.76. The number of aliphatic hydroxyl groups excluding tert-OH is 1. The summed E-state index contributed by atoms with van der Waals surface area (Å²) in [6, 6.07) is 3.94. The lowest BCUT2D eigenvalue weighted by molar-refractivity contribution is -0.129. The number of hydrogen-bond acceptors (Lipinski definition) is 8. The van der Waals surface area contributed by atoms with Crippen LogP contribution in [-0.4, -0.2) is 69.8 Å². The Morgan fingerprint density at radius 1 is 1.23 bits per heavy atom. The number of rotatable bonds is 7. The number of aromatic nitrogens is 7. The molecule has 2 aliphatic heterocycles. The van der Waals surface area contributed by atoms with Crippen molar-refractivity contribution in [2.24, 2.45) is 0 Å². The summed E-state index contributed by atoms with van der Waals surface area (Å²) >= 11 is 6.10. The van der Waals surface area contributed by atoms with Crippen molar-refractivity contribution in [1.82, 2.24) is 40.1 Å². The third-order valence-electron chi connectivity index (χ3n) is 7.02. The van der Waals surface area contributed by atoms with Gasteiger partial charge in [-0.3, -0.25) is 4.79 Å². The molecule has 11 nitrogen and oxygen atoms in total. The lowest BCUT2D eigenvalue weighted by atomic mass is 9.92. The number of carbonyl (C=O) groups excluding carboxylic acids is 1. The first kappa shape index (κ1) is 26.0. The van der Waals surface area contributed by atoms with Gasteiger partial charge >= 0.3 is 0 Å². The summed E-state index contributed by atoms with van der Waals surface area (Å²) in [5, 5.41) is 20.5. The standard InChI is InChI=1S/C26H23ClF2N8O3/c1-13(38)11-40-26-23(28)16(6-7-30-26)18-10-31-25(33-18)20-4-2-15-8-14(9-21(39)37(15)20)22-19(36-12-32-34-35-36)5-3-17(27)24(22)29/h3,5-7,9-10,12-13,15,20,38H,2,4,8,11H2,1H3,(H,31,33)/t13?,15-,20-/m0/s1. The van der Waals surface area contributed by atoms with Crippen molar-refractivity contribution < 1.29 is 23.4 Å². The summed E-state index contributed by atoms with van der Waals surface area (Å²) < 4.78 is 37.0. The molecule has 1 saturated heterocycles. The van der Waals surface area contributed by atoms with Crippen LogP contribution >= 0.6 is 11.6 Å². The van der Waals surface area contributed by atoms with E-state index in [0.717, 1.165) is 0 Å². The molecular formula is C26H23ClF2N8O3. The first-order valence-electron chi connectivity index (χ1n) is 12.6. The fourth-order valence-corrected chi connectivity index (χ4v) is 5.44. The second kappa shape index (κ2) is 10.4. The summed E-state index contributed by atoms with van der Waals surface area (Å²) in [7, 11) is 0. The molecule has 1 unspecified atom stereocenters. The number of ether oxygens (including phenoxy) is 1. The van der Waals surface area contributed by atoms with Crippen molar-refractivity contribution in [3.05, 3.63) is 71.0 Å². The molecule has 0 spiro atoms. The van der Waals surface area contributed by atoms with Gasteiger partial charge in [0.25, 0.3) is 5.88 Å². The molecule has 0 aliphatic carbocycles. The highest BCUT2D eigenvalue weighted by molar-refractivity contribution is 6.31. The van der Waals surface area contributed by atoms with Crippen molar-refractivity contribution >= 4 is 23.1 Å². The minimum atomic E-state index is -0.780. The van der Waals surface area contributed by atoms with Crippen molar-refractivity contribution in [2.45, 2.75) is 44.4 Å². The van der Waals surface area contributed by atoms with E-state index >= 15 is 8.78 Å². The second-order valence-corrected chi connectivity index (χ2v) is 10.1. The molecule has 1 aromatic carbocycles. The zero-order chi connectivity index (χ0) is 28.0. The summed E-state index contributed by atoms with van der Waals surface area (Å²) in [6.07, 6.45) is 6.54. The Labute approximate surface area is 231 Å². The fraction of sp³-hybridized carbons (Fsp3) is 0.308. The molecule has 3 atom stereocenters. The molecule has 3 aromatic heterocycles. The molecule has 0 radical (unpaired) electrons. The Morgan fingerprint density at radius 2 is 2.08 bits per heavy atom. The van der Waals surface area contributed by atoms with E-state index in [2.05, 4.69) is 30.5 Å². The largest absolute Gasteiger partial charge is 0.473 e. The van der Waals surface area contributed by atoms with Crippen LogP contribution in [0.1, 0.15) is 43.6 Å². The van der Waals surface area contributed by atoms with Gasteiger partial charge in [-0.1, -0.05) is 11.6 Å². The molecule has 5 heterocycles. The summed E-state index contributed by atoms with van der Waals surface area (Å²) in [5.74, 6) is -1.35. The molecule has 2 aliphatic rings. The molecule has 14 heteroatoms. The van der Waals surface area contributed by atoms with Gasteiger partial charge in [0, 0.05) is 29.4 Å². The number of amides is 1. The van der Waals surface area contributed by atoms with Gasteiger partial charge in [-0.05, 0) is 60.4 Å². The summed E-state index contributed by atoms with van der Waals surface area (Å²) in [4.78, 5) is 26.7. The van der Waals surface area contributed by atoms with Crippen LogP contribution < -0.4 is 4.74 Å². The highest BCUT2D eigenvalue weighted by Gasteiger charge is 2.42. The number of pyridine rings is 1. The van der Waals surface area contributed by atoms with E-state index in [1.54, 1.807) is 11.0 Å². The number of fused-ring (bicyclic) bond motifs is 1. The van der Waals surface area contributed by atoms with E-state index in [1.165, 1.54) is 48.5 Å². The summed E-state index contributed by atoms with van der Waals surface area (Å²) in [6.45, 7) is 1.42. The maximum absolute atomic E-state index is 15.3. The van der Waals surface area contributed by atoms with Crippen molar-refractivity contribution in [3.8, 4) is 22.8 Å². The van der Waals surface area contributed by atoms with Crippen LogP contribution in [0.15, 0.2) is 43.0 Å². The Balaban J connectivity index is 1.28. The number of tetrazole rings is 1. The monoisotopic (exact) mass is 568 g/mol. The zero-order valence-corrected chi connectivity index (χ0v) is 21.9. The summed E-state index contributed by atoms with van der Waals surface area (Å²) in [5.41, 5.74) is 1.65. The van der Waals surface area contributed by atoms with Crippen LogP contribution in [0.4, 0.5) is 8.78 Å². The minimum Gasteiger partial charge on any atom is -0.473 e. The van der Waals surface area contributed by atoms with Crippen LogP contribution in [0.2, 0.25) is 5.02 Å². The molecule has 0 bridgehead atoms. The quantitative estimate of drug-likeness (QED) is 0.345. The van der Waals surface area contributed by atoms with Gasteiger partial charge in [-0.25, -0.2) is 18.7 Å². The van der Waals surface area contributed by atoms with Crippen molar-refractivity contribution in [3.63, 3.8) is 0 Å². The predicted octanol–water partition coefficient (Wildman–Crippen LogP) is 3.66. The van der Waals surface area contributed by atoms with Gasteiger partial charge in [0.15, 0.2) is 11.6 Å². The van der Waals surface area contributed by atoms with Crippen LogP contribution in [0.5, 0.6) is 5.88 Å². The lowest BCUT2D eigenvalue weighted by Crippen LogP contribution is -2.39. The highest BCUT2D eigenvalue weighted by Crippen LogP contribution is 2.44. The number of imidazole rings is 1. The lowest BCUT2D eigenvalue weighted by Gasteiger charge is -2.33. The number of H-pyrrole nitrogens is 1. The average Bonchev–Trinajstić information content (AvgIpc) is 3.70. The van der Waals surface area contributed by atoms with Crippen LogP contribution in [0, 0.1) is 11.6 Å². The molecule has 6 rings (SSSR count). The van der Waals surface area contributed by atoms with Gasteiger partial charge in [0.1, 0.15) is 18.8 Å². The molecule has 206 valence electrons. The molecule has 4 aromatic rings. The molecule has 0 saturated carbocycles. The SMILES string of the molecule is CC(O)COc1nccc(-c2cnc([C@@H]3CC[C@H]4CC(c5c(-n6cnnn6)ccc(Cl)c5F)=CC(=O)N43)[nH]2)c1F. The highest BCUT2D eigenvalue weighted by atomic mass is 35.5. The number of nitrogens with zero attached hydrogens (tertiary/aromatic N) is 7. The van der Waals surface area contributed by atoms with Crippen LogP contribution in [0.3, 0.4) is 0 Å². The average molecular weight is 569 g/mol. The normalized spacial score (nSPS) is 19.5. The van der Waals surface area contributed by atoms with E-state index in [9.17, 15) is 9.90 Å². The zero-order valence-electron chi connectivity index (χ0n) is 21.1. The smallest absolute Gasteiger partial charge is 0.251 e. The molecular weight excluding hydrogens is 546 g/mol. The van der Waals surface area contributed by atoms with Crippen LogP contribution in [0.25, 0.3) is 22.5 Å². The maximum Gasteiger partial charge on any atom is 0.251 e. The van der Waals surface area contributed by atoms with E-state index in [1.807, 2.05) is 0 Å². The number of hydrogen-bond donors (Lipinski definition) is 2. The third-order valence-corrected chi connectivity index (χ3v) is 7.31. The molecule has 2 N–H and O–H groups in total. The van der Waals surface area contributed by atoms with Crippen LogP contribution in [-0.2, 0) is 4.79 Å². The minimum absolute atomic E-state index is 0.0715. The Bertz CT molecular complexity index is 1610. The van der Waals surface area contributed by atoms with Gasteiger partial charge in [-0.2, -0.15) is 4.68 Å². The Hall–Kier alpha value is -4.23. The number of aromatic amines is 1. The van der Waals surface area contributed by atoms with Gasteiger partial charge < -0.3 is 19.7 Å². The van der Waals surface area contributed by atoms with Crippen molar-refractivity contribution in [1.29, 1.82) is 0 Å². The number of nitrogens with one attached hydrogen (secondary N) is 1. The number of aliphatic hydroxyl groups is 1. The molecule has 40 heavy (non-hydrogen) atoms. The maximum atomic E-state index is 15.3. The topological polar surface area (TPSA) is 135 Å². The first-order chi connectivity index (χ1) is 19.3. The van der Waals surface area contributed by atoms with Gasteiger partial charge in [-0.15, -0.1) is 5.10 Å². The van der Waals surface area contributed by atoms with E-state index < -0.39 is 17.7 Å². The molecule has 1 fully saturated rings. The second-order valence-electron chi connectivity index (χ2n) is 9.70. The number of carbonyl (C=O) groups is 1. The van der Waals surface area contributed by atoms with E-state index in [4.69, 9.17) is 16.3 Å². The number of halogens is 3.